The Morgan fingerprint density at radius 3 is 2.38 bits per heavy atom. The molecule has 0 unspecified atom stereocenters. The van der Waals surface area contributed by atoms with E-state index in [-0.39, 0.29) is 17.7 Å². The molecule has 6 heteroatoms. The van der Waals surface area contributed by atoms with Gasteiger partial charge in [0, 0.05) is 0 Å². The molecule has 0 aliphatic heterocycles. The smallest absolute Gasteiger partial charge is 0.290 e. The average Bonchev–Trinajstić information content (AvgIpc) is 1.67. The van der Waals surface area contributed by atoms with Crippen molar-refractivity contribution < 1.29 is 14.3 Å². The van der Waals surface area contributed by atoms with E-state index in [9.17, 15) is 0 Å². The summed E-state index contributed by atoms with van der Waals surface area (Å²) in [6, 6.07) is 0. The first-order valence-electron chi connectivity index (χ1n) is 2.04. The molecule has 0 rings (SSSR count). The molecule has 0 bridgehead atoms. The summed E-state index contributed by atoms with van der Waals surface area (Å²) in [5.74, 6) is 0. The third-order valence-corrected chi connectivity index (χ3v) is 2.61. The van der Waals surface area contributed by atoms with E-state index in [2.05, 4.69) is 4.52 Å². The fourth-order valence-electron chi connectivity index (χ4n) is 0.207. The highest BCUT2D eigenvalue weighted by molar-refractivity contribution is 8.15. The number of rotatable bonds is 2. The molecular formula is C2H10NO3PS. The number of nitrogens with two attached hydrogens (primary N) is 1. The minimum atomic E-state index is -3.17. The Hall–Kier alpha value is 0.620. The SMILES string of the molecule is CCOP(O)(O)=[SH]N. The second kappa shape index (κ2) is 3.61. The Bertz CT molecular complexity index is 110. The molecule has 0 aliphatic carbocycles. The van der Waals surface area contributed by atoms with Crippen LogP contribution in [0, 0.1) is 0 Å². The maximum absolute atomic E-state index is 8.63. The quantitative estimate of drug-likeness (QED) is 0.320. The van der Waals surface area contributed by atoms with Gasteiger partial charge in [0.2, 0.25) is 0 Å². The second-order valence-corrected chi connectivity index (χ2v) is 4.82. The molecule has 4 nitrogen and oxygen atoms in total. The minimum absolute atomic E-state index is 0.0215. The van der Waals surface area contributed by atoms with Crippen molar-refractivity contribution in [1.82, 2.24) is 0 Å². The van der Waals surface area contributed by atoms with Gasteiger partial charge in [-0.05, 0) is 6.92 Å². The van der Waals surface area contributed by atoms with Crippen LogP contribution >= 0.6 is 6.72 Å². The van der Waals surface area contributed by atoms with Crippen LogP contribution in [-0.4, -0.2) is 16.4 Å². The highest BCUT2D eigenvalue weighted by Crippen LogP contribution is 2.37. The standard InChI is InChI=1S/C2H10NO3PS/c1-2-6-7(4,5)8-3/h4-5,8H,2-3H2,1H3. The molecule has 0 heterocycles. The number of hydrogen-bond acceptors (Lipinski definition) is 1. The highest BCUT2D eigenvalue weighted by atomic mass is 32.5. The molecule has 0 amide bonds. The van der Waals surface area contributed by atoms with Crippen molar-refractivity contribution >= 4 is 17.8 Å². The molecule has 0 radical (unpaired) electrons. The third kappa shape index (κ3) is 3.60. The van der Waals surface area contributed by atoms with Crippen LogP contribution < -0.4 is 5.14 Å². The maximum Gasteiger partial charge on any atom is 0.290 e. The van der Waals surface area contributed by atoms with Crippen LogP contribution in [0.5, 0.6) is 0 Å². The van der Waals surface area contributed by atoms with Gasteiger partial charge in [-0.15, -0.1) is 0 Å². The largest absolute Gasteiger partial charge is 0.328 e. The van der Waals surface area contributed by atoms with Crippen molar-refractivity contribution in [1.29, 1.82) is 0 Å². The predicted octanol–water partition coefficient (Wildman–Crippen LogP) is -0.626. The fraction of sp³-hybridized carbons (Fsp3) is 1.00. The zero-order valence-corrected chi connectivity index (χ0v) is 6.27. The Balaban J connectivity index is 3.74. The Labute approximate surface area is 51.6 Å². The van der Waals surface area contributed by atoms with Gasteiger partial charge in [-0.2, -0.15) is 0 Å². The topological polar surface area (TPSA) is 75.7 Å². The summed E-state index contributed by atoms with van der Waals surface area (Å²) >= 11 is 0.0215. The van der Waals surface area contributed by atoms with E-state index in [4.69, 9.17) is 14.9 Å². The van der Waals surface area contributed by atoms with Gasteiger partial charge >= 0.3 is 0 Å². The lowest BCUT2D eigenvalue weighted by atomic mass is 10.9. The third-order valence-electron chi connectivity index (χ3n) is 0.453. The zero-order valence-electron chi connectivity index (χ0n) is 4.48. The van der Waals surface area contributed by atoms with Crippen molar-refractivity contribution in [3.8, 4) is 0 Å². The monoisotopic (exact) mass is 159 g/mol. The Morgan fingerprint density at radius 2 is 2.25 bits per heavy atom. The summed E-state index contributed by atoms with van der Waals surface area (Å²) in [5.41, 5.74) is 0. The van der Waals surface area contributed by atoms with Crippen LogP contribution in [-0.2, 0) is 15.6 Å². The van der Waals surface area contributed by atoms with Gasteiger partial charge in [0.05, 0.1) is 6.61 Å². The molecule has 8 heavy (non-hydrogen) atoms. The summed E-state index contributed by atoms with van der Waals surface area (Å²) in [7, 11) is 0. The normalized spacial score (nSPS) is 12.0. The van der Waals surface area contributed by atoms with Crippen molar-refractivity contribution in [3.63, 3.8) is 0 Å². The van der Waals surface area contributed by atoms with E-state index in [1.165, 1.54) is 0 Å². The van der Waals surface area contributed by atoms with E-state index in [0.29, 0.717) is 0 Å². The Morgan fingerprint density at radius 1 is 1.75 bits per heavy atom. The molecule has 0 saturated heterocycles. The molecule has 0 saturated carbocycles. The van der Waals surface area contributed by atoms with Crippen LogP contribution in [0.2, 0.25) is 0 Å². The van der Waals surface area contributed by atoms with Crippen molar-refractivity contribution in [2.24, 2.45) is 5.14 Å². The lowest BCUT2D eigenvalue weighted by Crippen LogP contribution is -1.92. The number of thiol groups is 1. The van der Waals surface area contributed by atoms with Crippen LogP contribution in [0.4, 0.5) is 0 Å². The van der Waals surface area contributed by atoms with Gasteiger partial charge in [-0.25, -0.2) is 0 Å². The van der Waals surface area contributed by atoms with E-state index in [1.807, 2.05) is 0 Å². The van der Waals surface area contributed by atoms with E-state index in [1.54, 1.807) is 6.92 Å². The summed E-state index contributed by atoms with van der Waals surface area (Å²) < 4.78 is 4.46. The highest BCUT2D eigenvalue weighted by Gasteiger charge is 2.04. The van der Waals surface area contributed by atoms with Crippen LogP contribution in [0.3, 0.4) is 0 Å². The fourth-order valence-corrected chi connectivity index (χ4v) is 1.17. The summed E-state index contributed by atoms with van der Waals surface area (Å²) in [4.78, 5) is 17.3. The van der Waals surface area contributed by atoms with Gasteiger partial charge in [0.15, 0.2) is 0 Å². The molecule has 0 aliphatic rings. The van der Waals surface area contributed by atoms with Crippen LogP contribution in [0.1, 0.15) is 6.92 Å². The minimum Gasteiger partial charge on any atom is -0.328 e. The first-order valence-corrected chi connectivity index (χ1v) is 5.32. The predicted molar refractivity (Wildman–Crippen MR) is 35.9 cm³/mol. The average molecular weight is 159 g/mol. The van der Waals surface area contributed by atoms with Crippen LogP contribution in [0.25, 0.3) is 0 Å². The summed E-state index contributed by atoms with van der Waals surface area (Å²) in [6.07, 6.45) is 0. The van der Waals surface area contributed by atoms with E-state index < -0.39 is 6.72 Å². The van der Waals surface area contributed by atoms with Gasteiger partial charge in [0.25, 0.3) is 6.72 Å². The van der Waals surface area contributed by atoms with E-state index >= 15 is 0 Å². The molecule has 0 fully saturated rings. The molecule has 0 aromatic rings. The van der Waals surface area contributed by atoms with Crippen LogP contribution in [0.15, 0.2) is 0 Å². The molecule has 0 aromatic carbocycles. The maximum atomic E-state index is 8.63. The molecule has 0 spiro atoms. The van der Waals surface area contributed by atoms with Gasteiger partial charge in [-0.3, -0.25) is 5.14 Å². The summed E-state index contributed by atoms with van der Waals surface area (Å²) in [5, 5.41) is 4.89. The van der Waals surface area contributed by atoms with Gasteiger partial charge in [-0.1, -0.05) is 11.1 Å². The first kappa shape index (κ1) is 8.62. The zero-order chi connectivity index (χ0) is 6.62. The van der Waals surface area contributed by atoms with Crippen molar-refractivity contribution in [2.75, 3.05) is 6.61 Å². The summed E-state index contributed by atoms with van der Waals surface area (Å²) in [6.45, 7) is -1.22. The van der Waals surface area contributed by atoms with Gasteiger partial charge in [0.1, 0.15) is 0 Å². The Kier molecular flexibility index (Phi) is 3.89. The molecule has 4 N–H and O–H groups in total. The van der Waals surface area contributed by atoms with Crippen molar-refractivity contribution in [3.05, 3.63) is 0 Å². The lowest BCUT2D eigenvalue weighted by molar-refractivity contribution is 0.265. The lowest BCUT2D eigenvalue weighted by Gasteiger charge is -2.07. The molecular weight excluding hydrogens is 149 g/mol. The van der Waals surface area contributed by atoms with Gasteiger partial charge < -0.3 is 14.3 Å². The first-order chi connectivity index (χ1) is 3.62. The van der Waals surface area contributed by atoms with E-state index in [0.717, 1.165) is 0 Å². The molecule has 52 valence electrons. The number of hydrogen-bond donors (Lipinski definition) is 4. The molecule has 0 aromatic heterocycles. The van der Waals surface area contributed by atoms with Crippen molar-refractivity contribution in [2.45, 2.75) is 6.92 Å². The molecule has 0 atom stereocenters. The second-order valence-electron chi connectivity index (χ2n) is 1.05.